The Hall–Kier alpha value is -3.90. The Morgan fingerprint density at radius 1 is 1.11 bits per heavy atom. The molecule has 0 bridgehead atoms. The van der Waals surface area contributed by atoms with Crippen LogP contribution in [-0.4, -0.2) is 74.4 Å². The first kappa shape index (κ1) is 27.7. The van der Waals surface area contributed by atoms with E-state index in [1.165, 1.54) is 6.07 Å². The van der Waals surface area contributed by atoms with Crippen LogP contribution >= 0.6 is 0 Å². The van der Waals surface area contributed by atoms with Crippen LogP contribution in [0.1, 0.15) is 28.8 Å². The number of primary amides is 1. The second-order valence-electron chi connectivity index (χ2n) is 8.41. The maximum Gasteiger partial charge on any atom is 0.407 e. The number of nitro benzene ring substituents is 1. The molecule has 0 saturated carbocycles. The van der Waals surface area contributed by atoms with Crippen molar-refractivity contribution in [1.29, 1.82) is 0 Å². The average molecular weight is 516 g/mol. The smallest absolute Gasteiger partial charge is 0.407 e. The summed E-state index contributed by atoms with van der Waals surface area (Å²) < 4.78 is 16.4. The number of anilines is 1. The highest BCUT2D eigenvalue weighted by Crippen LogP contribution is 2.36. The van der Waals surface area contributed by atoms with Gasteiger partial charge in [0, 0.05) is 44.4 Å². The van der Waals surface area contributed by atoms with Crippen LogP contribution < -0.4 is 21.1 Å². The summed E-state index contributed by atoms with van der Waals surface area (Å²) in [5.41, 5.74) is 6.09. The lowest BCUT2D eigenvalue weighted by Crippen LogP contribution is -2.37. The Labute approximate surface area is 215 Å². The molecule has 2 aromatic rings. The summed E-state index contributed by atoms with van der Waals surface area (Å²) in [6.07, 6.45) is 0.610. The largest absolute Gasteiger partial charge is 0.491 e. The fourth-order valence-corrected chi connectivity index (χ4v) is 3.74. The van der Waals surface area contributed by atoms with E-state index in [4.69, 9.17) is 19.9 Å². The van der Waals surface area contributed by atoms with Crippen LogP contribution in [0.4, 0.5) is 16.2 Å². The Bertz CT molecular complexity index is 1050. The summed E-state index contributed by atoms with van der Waals surface area (Å²) in [4.78, 5) is 37.0. The second-order valence-corrected chi connectivity index (χ2v) is 8.41. The minimum atomic E-state index is -0.786. The van der Waals surface area contributed by atoms with E-state index in [-0.39, 0.29) is 29.3 Å². The lowest BCUT2D eigenvalue weighted by atomic mass is 10.1. The monoisotopic (exact) mass is 515 g/mol. The molecule has 0 atom stereocenters. The SMILES string of the molecule is NC(=O)c1cc(OCCCN2CCOCC2)c(NCCCNC(=O)OCc2ccccc2)c([N+](=O)[O-])c1. The van der Waals surface area contributed by atoms with Crippen LogP contribution in [0.3, 0.4) is 0 Å². The van der Waals surface area contributed by atoms with Crippen molar-refractivity contribution < 1.29 is 28.7 Å². The van der Waals surface area contributed by atoms with Crippen molar-refractivity contribution in [3.8, 4) is 5.75 Å². The first-order valence-electron chi connectivity index (χ1n) is 12.2. The van der Waals surface area contributed by atoms with Crippen molar-refractivity contribution in [2.45, 2.75) is 19.4 Å². The number of carbonyl (C=O) groups is 2. The van der Waals surface area contributed by atoms with E-state index in [0.29, 0.717) is 45.8 Å². The number of amides is 2. The molecule has 0 unspecified atom stereocenters. The molecule has 37 heavy (non-hydrogen) atoms. The van der Waals surface area contributed by atoms with Gasteiger partial charge >= 0.3 is 6.09 Å². The van der Waals surface area contributed by atoms with Gasteiger partial charge < -0.3 is 30.6 Å². The lowest BCUT2D eigenvalue weighted by Gasteiger charge is -2.26. The minimum Gasteiger partial charge on any atom is -0.491 e. The van der Waals surface area contributed by atoms with E-state index < -0.39 is 16.9 Å². The zero-order valence-corrected chi connectivity index (χ0v) is 20.6. The summed E-state index contributed by atoms with van der Waals surface area (Å²) in [6.45, 7) is 4.96. The van der Waals surface area contributed by atoms with Crippen LogP contribution in [0.15, 0.2) is 42.5 Å². The first-order chi connectivity index (χ1) is 17.9. The molecule has 1 fully saturated rings. The third kappa shape index (κ3) is 9.24. The van der Waals surface area contributed by atoms with Crippen molar-refractivity contribution in [2.24, 2.45) is 5.73 Å². The fourth-order valence-electron chi connectivity index (χ4n) is 3.74. The summed E-state index contributed by atoms with van der Waals surface area (Å²) in [5.74, 6) is -0.605. The van der Waals surface area contributed by atoms with Crippen LogP contribution in [-0.2, 0) is 16.1 Å². The summed E-state index contributed by atoms with van der Waals surface area (Å²) in [7, 11) is 0. The normalized spacial score (nSPS) is 13.5. The highest BCUT2D eigenvalue weighted by atomic mass is 16.6. The number of morpholine rings is 1. The predicted molar refractivity (Wildman–Crippen MR) is 137 cm³/mol. The lowest BCUT2D eigenvalue weighted by molar-refractivity contribution is -0.384. The zero-order valence-electron chi connectivity index (χ0n) is 20.6. The molecule has 1 aliphatic heterocycles. The molecular formula is C25H33N5O7. The molecule has 1 heterocycles. The molecule has 2 amide bonds. The standard InChI is InChI=1S/C25H33N5O7/c26-24(31)20-16-21(30(33)34)23(22(17-20)36-13-5-10-29-11-14-35-15-12-29)27-8-4-9-28-25(32)37-18-19-6-2-1-3-7-19/h1-3,6-7,16-17,27H,4-5,8-15,18H2,(H2,26,31)(H,28,32). The molecule has 0 spiro atoms. The van der Waals surface area contributed by atoms with Gasteiger partial charge in [-0.05, 0) is 24.5 Å². The van der Waals surface area contributed by atoms with Gasteiger partial charge in [0.1, 0.15) is 12.4 Å². The molecular weight excluding hydrogens is 482 g/mol. The Kier molecular flexibility index (Phi) is 10.9. The van der Waals surface area contributed by atoms with Crippen molar-refractivity contribution in [3.05, 3.63) is 63.7 Å². The molecule has 4 N–H and O–H groups in total. The number of nitrogens with one attached hydrogen (secondary N) is 2. The third-order valence-electron chi connectivity index (χ3n) is 5.68. The van der Waals surface area contributed by atoms with Gasteiger partial charge in [-0.1, -0.05) is 30.3 Å². The Balaban J connectivity index is 1.52. The van der Waals surface area contributed by atoms with E-state index in [0.717, 1.165) is 31.3 Å². The molecule has 2 aromatic carbocycles. The highest BCUT2D eigenvalue weighted by Gasteiger charge is 2.23. The quantitative estimate of drug-likeness (QED) is 0.195. The summed E-state index contributed by atoms with van der Waals surface area (Å²) >= 11 is 0. The van der Waals surface area contributed by atoms with Gasteiger partial charge in [-0.15, -0.1) is 0 Å². The van der Waals surface area contributed by atoms with Crippen LogP contribution in [0.5, 0.6) is 5.75 Å². The molecule has 0 aromatic heterocycles. The Morgan fingerprint density at radius 3 is 2.57 bits per heavy atom. The van der Waals surface area contributed by atoms with Gasteiger partial charge in [-0.25, -0.2) is 4.79 Å². The van der Waals surface area contributed by atoms with E-state index in [9.17, 15) is 19.7 Å². The van der Waals surface area contributed by atoms with Crippen molar-refractivity contribution >= 4 is 23.4 Å². The van der Waals surface area contributed by atoms with E-state index in [1.54, 1.807) is 0 Å². The number of benzene rings is 2. The molecule has 200 valence electrons. The van der Waals surface area contributed by atoms with Crippen molar-refractivity contribution in [3.63, 3.8) is 0 Å². The van der Waals surface area contributed by atoms with Gasteiger partial charge in [-0.2, -0.15) is 0 Å². The molecule has 1 aliphatic rings. The number of ether oxygens (including phenoxy) is 3. The topological polar surface area (TPSA) is 158 Å². The van der Waals surface area contributed by atoms with Crippen molar-refractivity contribution in [2.75, 3.05) is 57.9 Å². The number of alkyl carbamates (subject to hydrolysis) is 1. The fraction of sp³-hybridized carbons (Fsp3) is 0.440. The number of rotatable bonds is 14. The molecule has 3 rings (SSSR count). The third-order valence-corrected chi connectivity index (χ3v) is 5.68. The molecule has 1 saturated heterocycles. The zero-order chi connectivity index (χ0) is 26.5. The van der Waals surface area contributed by atoms with Crippen LogP contribution in [0.2, 0.25) is 0 Å². The number of nitro groups is 1. The predicted octanol–water partition coefficient (Wildman–Crippen LogP) is 2.52. The summed E-state index contributed by atoms with van der Waals surface area (Å²) in [5, 5.41) is 17.4. The number of nitrogens with two attached hydrogens (primary N) is 1. The average Bonchev–Trinajstić information content (AvgIpc) is 2.91. The van der Waals surface area contributed by atoms with Gasteiger partial charge in [-0.3, -0.25) is 19.8 Å². The molecule has 12 heteroatoms. The number of carbonyl (C=O) groups excluding carboxylic acids is 2. The minimum absolute atomic E-state index is 0.0109. The second kappa shape index (κ2) is 14.6. The van der Waals surface area contributed by atoms with Gasteiger partial charge in [0.05, 0.1) is 24.7 Å². The number of nitrogens with zero attached hydrogens (tertiary/aromatic N) is 2. The highest BCUT2D eigenvalue weighted by molar-refractivity contribution is 5.95. The number of hydrogen-bond acceptors (Lipinski definition) is 9. The molecule has 0 radical (unpaired) electrons. The summed E-state index contributed by atoms with van der Waals surface area (Å²) in [6, 6.07) is 11.9. The number of hydrogen-bond donors (Lipinski definition) is 3. The van der Waals surface area contributed by atoms with Gasteiger partial charge in [0.15, 0.2) is 5.69 Å². The maximum absolute atomic E-state index is 11.9. The molecule has 0 aliphatic carbocycles. The van der Waals surface area contributed by atoms with E-state index >= 15 is 0 Å². The van der Waals surface area contributed by atoms with Gasteiger partial charge in [0.2, 0.25) is 5.91 Å². The maximum atomic E-state index is 11.9. The molecule has 12 nitrogen and oxygen atoms in total. The Morgan fingerprint density at radius 2 is 1.86 bits per heavy atom. The van der Waals surface area contributed by atoms with Crippen molar-refractivity contribution in [1.82, 2.24) is 10.2 Å². The van der Waals surface area contributed by atoms with Crippen LogP contribution in [0.25, 0.3) is 0 Å². The van der Waals surface area contributed by atoms with Crippen LogP contribution in [0, 0.1) is 10.1 Å². The first-order valence-corrected chi connectivity index (χ1v) is 12.2. The van der Waals surface area contributed by atoms with Gasteiger partial charge in [0.25, 0.3) is 5.69 Å². The van der Waals surface area contributed by atoms with E-state index in [2.05, 4.69) is 15.5 Å². The van der Waals surface area contributed by atoms with E-state index in [1.807, 2.05) is 30.3 Å².